The first-order chi connectivity index (χ1) is 10.1. The molecule has 1 fully saturated rings. The minimum Gasteiger partial charge on any atom is -0.300 e. The number of hydrogen-bond donors (Lipinski definition) is 0. The first-order valence-corrected chi connectivity index (χ1v) is 7.31. The molecule has 0 saturated carbocycles. The summed E-state index contributed by atoms with van der Waals surface area (Å²) in [5.41, 5.74) is 2.14. The number of hydrogen-bond acceptors (Lipinski definition) is 4. The molecule has 0 unspecified atom stereocenters. The normalized spacial score (nSPS) is 23.4. The molecule has 2 heterocycles. The number of aromatic nitrogens is 3. The van der Waals surface area contributed by atoms with Crippen LogP contribution in [0.3, 0.4) is 0 Å². The highest BCUT2D eigenvalue weighted by molar-refractivity contribution is 5.80. The monoisotopic (exact) mass is 284 g/mol. The Hall–Kier alpha value is -2.01. The van der Waals surface area contributed by atoms with Crippen LogP contribution in [0.1, 0.15) is 37.1 Å². The van der Waals surface area contributed by atoms with Crippen molar-refractivity contribution in [2.45, 2.75) is 38.4 Å². The van der Waals surface area contributed by atoms with Gasteiger partial charge in [0.05, 0.1) is 6.04 Å². The van der Waals surface area contributed by atoms with Crippen LogP contribution in [-0.4, -0.2) is 31.7 Å². The van der Waals surface area contributed by atoms with Crippen LogP contribution in [0.5, 0.6) is 0 Å². The average Bonchev–Trinajstić information content (AvgIpc) is 2.89. The Morgan fingerprint density at radius 1 is 1.24 bits per heavy atom. The molecule has 1 saturated heterocycles. The van der Waals surface area contributed by atoms with Gasteiger partial charge in [0.25, 0.3) is 0 Å². The van der Waals surface area contributed by atoms with Crippen molar-refractivity contribution in [2.75, 3.05) is 0 Å². The number of likely N-dealkylation sites (tertiary alicyclic amines) is 1. The third-order valence-corrected chi connectivity index (χ3v) is 4.08. The summed E-state index contributed by atoms with van der Waals surface area (Å²) in [6.45, 7) is 2.94. The predicted octanol–water partition coefficient (Wildman–Crippen LogP) is 2.11. The molecule has 110 valence electrons. The van der Waals surface area contributed by atoms with E-state index < -0.39 is 0 Å². The van der Waals surface area contributed by atoms with Crippen LogP contribution in [0.25, 0.3) is 0 Å². The van der Waals surface area contributed by atoms with E-state index in [9.17, 15) is 4.79 Å². The van der Waals surface area contributed by atoms with Crippen LogP contribution >= 0.6 is 0 Å². The molecule has 5 heteroatoms. The Balaban J connectivity index is 1.88. The zero-order valence-electron chi connectivity index (χ0n) is 12.4. The maximum atomic E-state index is 12.0. The summed E-state index contributed by atoms with van der Waals surface area (Å²) in [4.78, 5) is 14.3. The number of ketones is 1. The van der Waals surface area contributed by atoms with Gasteiger partial charge in [0.15, 0.2) is 0 Å². The van der Waals surface area contributed by atoms with Gasteiger partial charge in [-0.2, -0.15) is 0 Å². The molecule has 5 nitrogen and oxygen atoms in total. The van der Waals surface area contributed by atoms with Crippen molar-refractivity contribution in [3.8, 4) is 0 Å². The van der Waals surface area contributed by atoms with Crippen LogP contribution in [0.4, 0.5) is 0 Å². The summed E-state index contributed by atoms with van der Waals surface area (Å²) < 4.78 is 1.69. The van der Waals surface area contributed by atoms with Gasteiger partial charge in [-0.05, 0) is 12.5 Å². The average molecular weight is 284 g/mol. The largest absolute Gasteiger partial charge is 0.300 e. The Morgan fingerprint density at radius 2 is 2.00 bits per heavy atom. The molecule has 1 aliphatic rings. The van der Waals surface area contributed by atoms with Crippen molar-refractivity contribution < 1.29 is 4.79 Å². The van der Waals surface area contributed by atoms with Crippen molar-refractivity contribution in [2.24, 2.45) is 7.05 Å². The maximum Gasteiger partial charge on any atom is 0.136 e. The molecule has 0 radical (unpaired) electrons. The Labute approximate surface area is 124 Å². The third kappa shape index (κ3) is 3.03. The standard InChI is InChI=1S/C16H20N4O/c1-12-8-14(21)9-16(15-11-19(2)18-17-15)20(12)10-13-6-4-3-5-7-13/h3-7,11-12,16H,8-10H2,1-2H3/t12-,16-/m0/s1. The van der Waals surface area contributed by atoms with E-state index in [0.717, 1.165) is 12.2 Å². The van der Waals surface area contributed by atoms with E-state index >= 15 is 0 Å². The van der Waals surface area contributed by atoms with Crippen molar-refractivity contribution in [1.82, 2.24) is 19.9 Å². The first-order valence-electron chi connectivity index (χ1n) is 7.31. The molecule has 2 aromatic rings. The smallest absolute Gasteiger partial charge is 0.136 e. The molecule has 1 aromatic heterocycles. The molecule has 2 atom stereocenters. The molecule has 1 aromatic carbocycles. The highest BCUT2D eigenvalue weighted by atomic mass is 16.1. The SMILES string of the molecule is C[C@H]1CC(=O)C[C@@H](c2cn(C)nn2)N1Cc1ccccc1. The summed E-state index contributed by atoms with van der Waals surface area (Å²) in [7, 11) is 1.85. The lowest BCUT2D eigenvalue weighted by molar-refractivity contribution is -0.125. The molecule has 0 bridgehead atoms. The van der Waals surface area contributed by atoms with Gasteiger partial charge in [-0.25, -0.2) is 0 Å². The van der Waals surface area contributed by atoms with Gasteiger partial charge in [-0.3, -0.25) is 14.4 Å². The number of rotatable bonds is 3. The van der Waals surface area contributed by atoms with E-state index in [-0.39, 0.29) is 12.1 Å². The summed E-state index contributed by atoms with van der Waals surface area (Å²) in [6.07, 6.45) is 3.05. The molecular weight excluding hydrogens is 264 g/mol. The van der Waals surface area contributed by atoms with Gasteiger partial charge in [0, 0.05) is 38.7 Å². The van der Waals surface area contributed by atoms with Gasteiger partial charge in [0.2, 0.25) is 0 Å². The van der Waals surface area contributed by atoms with Gasteiger partial charge < -0.3 is 0 Å². The summed E-state index contributed by atoms with van der Waals surface area (Å²) in [5.74, 6) is 0.308. The Kier molecular flexibility index (Phi) is 3.84. The lowest BCUT2D eigenvalue weighted by atomic mass is 9.93. The lowest BCUT2D eigenvalue weighted by Crippen LogP contribution is -2.43. The molecule has 0 amide bonds. The van der Waals surface area contributed by atoms with E-state index in [1.165, 1.54) is 5.56 Å². The van der Waals surface area contributed by atoms with E-state index in [1.807, 2.05) is 31.4 Å². The molecule has 0 spiro atoms. The summed E-state index contributed by atoms with van der Waals surface area (Å²) in [5, 5.41) is 8.23. The fourth-order valence-electron chi connectivity index (χ4n) is 3.02. The third-order valence-electron chi connectivity index (χ3n) is 4.08. The van der Waals surface area contributed by atoms with Gasteiger partial charge in [-0.1, -0.05) is 35.5 Å². The summed E-state index contributed by atoms with van der Waals surface area (Å²) in [6, 6.07) is 10.6. The minimum atomic E-state index is 0.0233. The molecule has 0 aliphatic carbocycles. The van der Waals surface area contributed by atoms with Crippen LogP contribution in [-0.2, 0) is 18.4 Å². The number of benzene rings is 1. The quantitative estimate of drug-likeness (QED) is 0.866. The van der Waals surface area contributed by atoms with Crippen LogP contribution in [0.2, 0.25) is 0 Å². The lowest BCUT2D eigenvalue weighted by Gasteiger charge is -2.39. The van der Waals surface area contributed by atoms with Crippen LogP contribution in [0, 0.1) is 0 Å². The number of aryl methyl sites for hydroxylation is 1. The number of piperidine rings is 1. The summed E-state index contributed by atoms with van der Waals surface area (Å²) >= 11 is 0. The number of nitrogens with zero attached hydrogens (tertiary/aromatic N) is 4. The molecule has 0 N–H and O–H groups in total. The van der Waals surface area contributed by atoms with E-state index in [4.69, 9.17) is 0 Å². The highest BCUT2D eigenvalue weighted by Gasteiger charge is 2.34. The highest BCUT2D eigenvalue weighted by Crippen LogP contribution is 2.32. The number of carbonyl (C=O) groups is 1. The minimum absolute atomic E-state index is 0.0233. The van der Waals surface area contributed by atoms with Crippen molar-refractivity contribution in [3.63, 3.8) is 0 Å². The van der Waals surface area contributed by atoms with Crippen molar-refractivity contribution >= 4 is 5.78 Å². The fraction of sp³-hybridized carbons (Fsp3) is 0.438. The first kappa shape index (κ1) is 13.9. The second-order valence-corrected chi connectivity index (χ2v) is 5.79. The number of carbonyl (C=O) groups excluding carboxylic acids is 1. The zero-order chi connectivity index (χ0) is 14.8. The zero-order valence-corrected chi connectivity index (χ0v) is 12.4. The maximum absolute atomic E-state index is 12.0. The Bertz CT molecular complexity index is 622. The van der Waals surface area contributed by atoms with Gasteiger partial charge >= 0.3 is 0 Å². The predicted molar refractivity (Wildman–Crippen MR) is 79.4 cm³/mol. The van der Waals surface area contributed by atoms with Crippen molar-refractivity contribution in [1.29, 1.82) is 0 Å². The van der Waals surface area contributed by atoms with E-state index in [0.29, 0.717) is 18.6 Å². The molecule has 21 heavy (non-hydrogen) atoms. The second kappa shape index (κ2) is 5.77. The molecule has 1 aliphatic heterocycles. The van der Waals surface area contributed by atoms with Crippen LogP contribution in [0.15, 0.2) is 36.5 Å². The molecular formula is C16H20N4O. The van der Waals surface area contributed by atoms with Crippen molar-refractivity contribution in [3.05, 3.63) is 47.8 Å². The van der Waals surface area contributed by atoms with Gasteiger partial charge in [0.1, 0.15) is 11.5 Å². The Morgan fingerprint density at radius 3 is 2.67 bits per heavy atom. The van der Waals surface area contributed by atoms with Crippen LogP contribution < -0.4 is 0 Å². The second-order valence-electron chi connectivity index (χ2n) is 5.79. The van der Waals surface area contributed by atoms with E-state index in [1.54, 1.807) is 4.68 Å². The fourth-order valence-corrected chi connectivity index (χ4v) is 3.02. The topological polar surface area (TPSA) is 51.0 Å². The van der Waals surface area contributed by atoms with Gasteiger partial charge in [-0.15, -0.1) is 5.10 Å². The molecule has 3 rings (SSSR count). The van der Waals surface area contributed by atoms with E-state index in [2.05, 4.69) is 34.3 Å². The number of Topliss-reactive ketones (excluding diaryl/α,β-unsaturated/α-hetero) is 1.